The molecule has 0 radical (unpaired) electrons. The van der Waals surface area contributed by atoms with Crippen LogP contribution in [-0.4, -0.2) is 16.2 Å². The van der Waals surface area contributed by atoms with Gasteiger partial charge in [0.05, 0.1) is 23.7 Å². The number of imidazole rings is 1. The second-order valence-electron chi connectivity index (χ2n) is 7.31. The first-order valence-corrected chi connectivity index (χ1v) is 9.98. The molecule has 1 N–H and O–H groups in total. The van der Waals surface area contributed by atoms with Gasteiger partial charge in [0.15, 0.2) is 0 Å². The van der Waals surface area contributed by atoms with E-state index < -0.39 is 0 Å². The van der Waals surface area contributed by atoms with Gasteiger partial charge in [0, 0.05) is 5.70 Å². The Morgan fingerprint density at radius 2 is 1.72 bits per heavy atom. The van der Waals surface area contributed by atoms with Crippen molar-refractivity contribution in [2.75, 3.05) is 11.9 Å². The summed E-state index contributed by atoms with van der Waals surface area (Å²) in [4.78, 5) is 4.86. The molecule has 3 aromatic carbocycles. The smallest absolute Gasteiger partial charge is 0.209 e. The van der Waals surface area contributed by atoms with E-state index in [1.165, 1.54) is 11.1 Å². The van der Waals surface area contributed by atoms with Crippen LogP contribution in [0.5, 0.6) is 5.75 Å². The van der Waals surface area contributed by atoms with Gasteiger partial charge in [0.1, 0.15) is 5.75 Å². The van der Waals surface area contributed by atoms with E-state index >= 15 is 0 Å². The Bertz CT molecular complexity index is 1190. The lowest BCUT2D eigenvalue weighted by molar-refractivity contribution is 0.340. The lowest BCUT2D eigenvalue weighted by Crippen LogP contribution is -2.19. The van der Waals surface area contributed by atoms with E-state index in [0.29, 0.717) is 6.61 Å². The minimum atomic E-state index is 0.0469. The van der Waals surface area contributed by atoms with E-state index in [2.05, 4.69) is 77.5 Å². The molecule has 1 unspecified atom stereocenters. The summed E-state index contributed by atoms with van der Waals surface area (Å²) in [5.74, 6) is 1.76. The summed E-state index contributed by atoms with van der Waals surface area (Å²) < 4.78 is 7.89. The van der Waals surface area contributed by atoms with Crippen LogP contribution in [-0.2, 0) is 0 Å². The molecule has 1 aliphatic heterocycles. The molecule has 1 aromatic heterocycles. The minimum Gasteiger partial charge on any atom is -0.494 e. The van der Waals surface area contributed by atoms with Crippen molar-refractivity contribution in [1.82, 2.24) is 9.55 Å². The summed E-state index contributed by atoms with van der Waals surface area (Å²) in [7, 11) is 0. The maximum atomic E-state index is 5.63. The summed E-state index contributed by atoms with van der Waals surface area (Å²) in [6.45, 7) is 4.77. The normalized spacial score (nSPS) is 15.5. The van der Waals surface area contributed by atoms with Gasteiger partial charge < -0.3 is 10.1 Å². The number of aromatic nitrogens is 2. The summed E-state index contributed by atoms with van der Waals surface area (Å²) >= 11 is 0. The van der Waals surface area contributed by atoms with E-state index in [1.54, 1.807) is 0 Å². The zero-order chi connectivity index (χ0) is 19.8. The standard InChI is InChI=1S/C25H23N3O/c1-3-29-20-14-12-19(13-15-20)24-16-22(18-10-8-17(2)9-11-18)27-25-26-21-6-4-5-7-23(21)28(24)25/h4-16,24H,3H2,1-2H3,(H,26,27). The van der Waals surface area contributed by atoms with Crippen LogP contribution < -0.4 is 10.1 Å². The van der Waals surface area contributed by atoms with Crippen LogP contribution in [0.3, 0.4) is 0 Å². The lowest BCUT2D eigenvalue weighted by Gasteiger charge is -2.27. The maximum Gasteiger partial charge on any atom is 0.209 e. The monoisotopic (exact) mass is 381 g/mol. The Balaban J connectivity index is 1.65. The first-order chi connectivity index (χ1) is 14.2. The van der Waals surface area contributed by atoms with Crippen LogP contribution in [0.25, 0.3) is 16.7 Å². The molecular weight excluding hydrogens is 358 g/mol. The number of fused-ring (bicyclic) bond motifs is 3. The van der Waals surface area contributed by atoms with Crippen LogP contribution in [0.4, 0.5) is 5.95 Å². The van der Waals surface area contributed by atoms with Crippen LogP contribution in [0, 0.1) is 6.92 Å². The molecular formula is C25H23N3O. The summed E-state index contributed by atoms with van der Waals surface area (Å²) in [6, 6.07) is 25.3. The Morgan fingerprint density at radius 1 is 0.966 bits per heavy atom. The van der Waals surface area contributed by atoms with Crippen molar-refractivity contribution in [1.29, 1.82) is 0 Å². The highest BCUT2D eigenvalue weighted by Gasteiger charge is 2.25. The van der Waals surface area contributed by atoms with E-state index in [1.807, 2.05) is 25.1 Å². The second kappa shape index (κ2) is 7.13. The number of anilines is 1. The molecule has 4 heteroatoms. The third kappa shape index (κ3) is 3.17. The highest BCUT2D eigenvalue weighted by Crippen LogP contribution is 2.37. The van der Waals surface area contributed by atoms with Gasteiger partial charge in [-0.15, -0.1) is 0 Å². The topological polar surface area (TPSA) is 39.1 Å². The number of nitrogens with zero attached hydrogens (tertiary/aromatic N) is 2. The molecule has 0 spiro atoms. The fourth-order valence-electron chi connectivity index (χ4n) is 3.88. The van der Waals surface area contributed by atoms with Gasteiger partial charge in [0.25, 0.3) is 0 Å². The first-order valence-electron chi connectivity index (χ1n) is 9.98. The largest absolute Gasteiger partial charge is 0.494 e. The quantitative estimate of drug-likeness (QED) is 0.486. The van der Waals surface area contributed by atoms with Gasteiger partial charge in [-0.3, -0.25) is 4.57 Å². The molecule has 4 aromatic rings. The summed E-state index contributed by atoms with van der Waals surface area (Å²) in [5, 5.41) is 3.54. The van der Waals surface area contributed by atoms with E-state index in [4.69, 9.17) is 9.72 Å². The molecule has 1 aliphatic rings. The number of nitrogens with one attached hydrogen (secondary N) is 1. The van der Waals surface area contributed by atoms with Crippen LogP contribution in [0.1, 0.15) is 29.7 Å². The van der Waals surface area contributed by atoms with Crippen molar-refractivity contribution in [3.8, 4) is 5.75 Å². The molecule has 0 fully saturated rings. The Labute approximate surface area is 170 Å². The third-order valence-electron chi connectivity index (χ3n) is 5.34. The SMILES string of the molecule is CCOc1ccc(C2C=C(c3ccc(C)cc3)Nc3nc4ccccc4n32)cc1. The number of allylic oxidation sites excluding steroid dienone is 1. The number of hydrogen-bond donors (Lipinski definition) is 1. The summed E-state index contributed by atoms with van der Waals surface area (Å²) in [6.07, 6.45) is 2.28. The van der Waals surface area contributed by atoms with Crippen LogP contribution >= 0.6 is 0 Å². The van der Waals surface area contributed by atoms with Crippen molar-refractivity contribution in [2.45, 2.75) is 19.9 Å². The van der Waals surface area contributed by atoms with Gasteiger partial charge in [-0.25, -0.2) is 4.98 Å². The van der Waals surface area contributed by atoms with Gasteiger partial charge in [0.2, 0.25) is 5.95 Å². The molecule has 144 valence electrons. The van der Waals surface area contributed by atoms with E-state index in [-0.39, 0.29) is 6.04 Å². The van der Waals surface area contributed by atoms with Gasteiger partial charge >= 0.3 is 0 Å². The van der Waals surface area contributed by atoms with Crippen LogP contribution in [0.15, 0.2) is 78.9 Å². The molecule has 4 nitrogen and oxygen atoms in total. The van der Waals surface area contributed by atoms with Gasteiger partial charge in [-0.05, 0) is 55.3 Å². The molecule has 29 heavy (non-hydrogen) atoms. The molecule has 5 rings (SSSR count). The number of hydrogen-bond acceptors (Lipinski definition) is 3. The molecule has 0 bridgehead atoms. The zero-order valence-electron chi connectivity index (χ0n) is 16.6. The van der Waals surface area contributed by atoms with Crippen molar-refractivity contribution >= 4 is 22.7 Å². The molecule has 1 atom stereocenters. The average molecular weight is 381 g/mol. The molecule has 2 heterocycles. The minimum absolute atomic E-state index is 0.0469. The van der Waals surface area contributed by atoms with Crippen molar-refractivity contribution in [3.05, 3.63) is 95.6 Å². The first kappa shape index (κ1) is 17.6. The summed E-state index contributed by atoms with van der Waals surface area (Å²) in [5.41, 5.74) is 6.79. The fourth-order valence-corrected chi connectivity index (χ4v) is 3.88. The fraction of sp³-hybridized carbons (Fsp3) is 0.160. The highest BCUT2D eigenvalue weighted by atomic mass is 16.5. The number of benzene rings is 3. The molecule has 0 amide bonds. The predicted molar refractivity (Wildman–Crippen MR) is 118 cm³/mol. The Morgan fingerprint density at radius 3 is 2.48 bits per heavy atom. The number of rotatable bonds is 4. The number of aryl methyl sites for hydroxylation is 1. The highest BCUT2D eigenvalue weighted by molar-refractivity contribution is 5.85. The zero-order valence-corrected chi connectivity index (χ0v) is 16.6. The number of ether oxygens (including phenoxy) is 1. The van der Waals surface area contributed by atoms with Crippen LogP contribution in [0.2, 0.25) is 0 Å². The second-order valence-corrected chi connectivity index (χ2v) is 7.31. The van der Waals surface area contributed by atoms with Crippen molar-refractivity contribution in [2.24, 2.45) is 0 Å². The van der Waals surface area contributed by atoms with Crippen molar-refractivity contribution in [3.63, 3.8) is 0 Å². The predicted octanol–water partition coefficient (Wildman–Crippen LogP) is 5.80. The third-order valence-corrected chi connectivity index (χ3v) is 5.34. The van der Waals surface area contributed by atoms with Gasteiger partial charge in [-0.2, -0.15) is 0 Å². The average Bonchev–Trinajstić information content (AvgIpc) is 3.13. The number of para-hydroxylation sites is 2. The van der Waals surface area contributed by atoms with Crippen molar-refractivity contribution < 1.29 is 4.74 Å². The lowest BCUT2D eigenvalue weighted by atomic mass is 10.0. The van der Waals surface area contributed by atoms with E-state index in [9.17, 15) is 0 Å². The van der Waals surface area contributed by atoms with E-state index in [0.717, 1.165) is 34.0 Å². The molecule has 0 saturated carbocycles. The van der Waals surface area contributed by atoms with Gasteiger partial charge in [-0.1, -0.05) is 54.1 Å². The molecule has 0 aliphatic carbocycles. The Hall–Kier alpha value is -3.53. The maximum absolute atomic E-state index is 5.63. The Kier molecular flexibility index (Phi) is 4.32. The molecule has 0 saturated heterocycles.